The van der Waals surface area contributed by atoms with E-state index in [4.69, 9.17) is 4.98 Å². The predicted octanol–water partition coefficient (Wildman–Crippen LogP) is 3.53. The van der Waals surface area contributed by atoms with Crippen molar-refractivity contribution in [2.45, 2.75) is 52.1 Å². The summed E-state index contributed by atoms with van der Waals surface area (Å²) in [5.41, 5.74) is 6.86. The summed E-state index contributed by atoms with van der Waals surface area (Å²) in [6.45, 7) is 7.53. The smallest absolute Gasteiger partial charge is 0.131 e. The van der Waals surface area contributed by atoms with Crippen LogP contribution in [0.25, 0.3) is 0 Å². The second-order valence-electron chi connectivity index (χ2n) is 6.79. The molecule has 0 N–H and O–H groups in total. The Morgan fingerprint density at radius 1 is 1.23 bits per heavy atom. The zero-order chi connectivity index (χ0) is 15.1. The first-order valence-corrected chi connectivity index (χ1v) is 8.33. The van der Waals surface area contributed by atoms with Gasteiger partial charge in [-0.15, -0.1) is 0 Å². The van der Waals surface area contributed by atoms with Crippen LogP contribution in [0.4, 0.5) is 0 Å². The molecule has 2 heterocycles. The number of hydrogen-bond donors (Lipinski definition) is 0. The zero-order valence-electron chi connectivity index (χ0n) is 13.5. The summed E-state index contributed by atoms with van der Waals surface area (Å²) in [6, 6.07) is 6.61. The first-order valence-electron chi connectivity index (χ1n) is 8.33. The van der Waals surface area contributed by atoms with E-state index in [-0.39, 0.29) is 0 Å². The number of aryl methyl sites for hydroxylation is 1. The van der Waals surface area contributed by atoms with Crippen LogP contribution in [0.15, 0.2) is 24.4 Å². The van der Waals surface area contributed by atoms with Gasteiger partial charge in [0.1, 0.15) is 5.82 Å². The van der Waals surface area contributed by atoms with Gasteiger partial charge < -0.3 is 0 Å². The van der Waals surface area contributed by atoms with Crippen LogP contribution in [-0.2, 0) is 19.5 Å². The Morgan fingerprint density at radius 3 is 2.91 bits per heavy atom. The van der Waals surface area contributed by atoms with Gasteiger partial charge in [-0.3, -0.25) is 4.90 Å². The van der Waals surface area contributed by atoms with Crippen molar-refractivity contribution in [2.24, 2.45) is 0 Å². The van der Waals surface area contributed by atoms with E-state index >= 15 is 0 Å². The molecule has 4 rings (SSSR count). The molecule has 0 unspecified atom stereocenters. The average Bonchev–Trinajstić information content (AvgIpc) is 3.36. The number of benzene rings is 1. The molecule has 1 aromatic carbocycles. The molecule has 1 fully saturated rings. The third-order valence-electron chi connectivity index (χ3n) is 5.08. The van der Waals surface area contributed by atoms with E-state index in [9.17, 15) is 0 Å². The van der Waals surface area contributed by atoms with E-state index in [2.05, 4.69) is 48.1 Å². The highest BCUT2D eigenvalue weighted by Crippen LogP contribution is 2.38. The third kappa shape index (κ3) is 2.66. The topological polar surface area (TPSA) is 29.0 Å². The molecule has 0 amide bonds. The van der Waals surface area contributed by atoms with Gasteiger partial charge in [-0.25, -0.2) is 9.97 Å². The fourth-order valence-electron chi connectivity index (χ4n) is 3.29. The van der Waals surface area contributed by atoms with E-state index in [1.165, 1.54) is 40.8 Å². The normalized spacial score (nSPS) is 18.3. The maximum Gasteiger partial charge on any atom is 0.131 e. The van der Waals surface area contributed by atoms with Gasteiger partial charge in [-0.2, -0.15) is 0 Å². The Labute approximate surface area is 132 Å². The predicted molar refractivity (Wildman–Crippen MR) is 87.7 cm³/mol. The Balaban J connectivity index is 1.51. The van der Waals surface area contributed by atoms with Gasteiger partial charge in [-0.05, 0) is 43.4 Å². The first kappa shape index (κ1) is 13.9. The Hall–Kier alpha value is -1.74. The number of aromatic nitrogens is 2. The fraction of sp³-hybridized carbons (Fsp3) is 0.474. The molecule has 1 aliphatic carbocycles. The lowest BCUT2D eigenvalue weighted by atomic mass is 10.0. The third-order valence-corrected chi connectivity index (χ3v) is 5.08. The maximum atomic E-state index is 4.81. The summed E-state index contributed by atoms with van der Waals surface area (Å²) in [5, 5.41) is 0. The molecular weight excluding hydrogens is 270 g/mol. The van der Waals surface area contributed by atoms with Crippen molar-refractivity contribution < 1.29 is 0 Å². The molecule has 2 aromatic rings. The summed E-state index contributed by atoms with van der Waals surface area (Å²) in [7, 11) is 0. The van der Waals surface area contributed by atoms with Gasteiger partial charge in [0.25, 0.3) is 0 Å². The molecule has 1 aromatic heterocycles. The number of nitrogens with zero attached hydrogens (tertiary/aromatic N) is 3. The van der Waals surface area contributed by atoms with Crippen LogP contribution in [0.1, 0.15) is 52.5 Å². The van der Waals surface area contributed by atoms with Crippen molar-refractivity contribution in [2.75, 3.05) is 6.54 Å². The van der Waals surface area contributed by atoms with Crippen molar-refractivity contribution in [1.82, 2.24) is 14.9 Å². The highest BCUT2D eigenvalue weighted by Gasteiger charge is 2.28. The first-order chi connectivity index (χ1) is 10.7. The lowest BCUT2D eigenvalue weighted by Gasteiger charge is -2.28. The molecule has 0 bridgehead atoms. The summed E-state index contributed by atoms with van der Waals surface area (Å²) >= 11 is 0. The van der Waals surface area contributed by atoms with Crippen LogP contribution in [0.2, 0.25) is 0 Å². The van der Waals surface area contributed by atoms with Gasteiger partial charge in [-0.1, -0.05) is 18.2 Å². The number of rotatable bonds is 3. The molecule has 1 aliphatic heterocycles. The molecule has 3 nitrogen and oxygen atoms in total. The van der Waals surface area contributed by atoms with Crippen LogP contribution < -0.4 is 0 Å². The Morgan fingerprint density at radius 2 is 2.09 bits per heavy atom. The van der Waals surface area contributed by atoms with Crippen LogP contribution in [-0.4, -0.2) is 21.4 Å². The molecule has 22 heavy (non-hydrogen) atoms. The molecule has 0 radical (unpaired) electrons. The largest absolute Gasteiger partial charge is 0.294 e. The van der Waals surface area contributed by atoms with Gasteiger partial charge in [0, 0.05) is 49.4 Å². The molecule has 2 aliphatic rings. The summed E-state index contributed by atoms with van der Waals surface area (Å²) in [6.07, 6.45) is 5.68. The Bertz CT molecular complexity index is 704. The SMILES string of the molecule is Cc1cccc(CN2CCc3nc(C4CC4)ncc3C2)c1C. The average molecular weight is 293 g/mol. The maximum absolute atomic E-state index is 4.81. The molecule has 0 atom stereocenters. The van der Waals surface area contributed by atoms with E-state index < -0.39 is 0 Å². The highest BCUT2D eigenvalue weighted by atomic mass is 15.1. The molecule has 3 heteroatoms. The quantitative estimate of drug-likeness (QED) is 0.867. The van der Waals surface area contributed by atoms with E-state index in [0.717, 1.165) is 31.9 Å². The van der Waals surface area contributed by atoms with E-state index in [1.54, 1.807) is 0 Å². The fourth-order valence-corrected chi connectivity index (χ4v) is 3.29. The summed E-state index contributed by atoms with van der Waals surface area (Å²) < 4.78 is 0. The van der Waals surface area contributed by atoms with Gasteiger partial charge >= 0.3 is 0 Å². The standard InChI is InChI=1S/C19H23N3/c1-13-4-3-5-16(14(13)2)11-22-9-8-18-17(12-22)10-20-19(21-18)15-6-7-15/h3-5,10,15H,6-9,11-12H2,1-2H3. The molecule has 0 spiro atoms. The molecule has 1 saturated carbocycles. The van der Waals surface area contributed by atoms with Crippen LogP contribution >= 0.6 is 0 Å². The minimum absolute atomic E-state index is 0.651. The van der Waals surface area contributed by atoms with Crippen molar-refractivity contribution >= 4 is 0 Å². The van der Waals surface area contributed by atoms with Crippen LogP contribution in [0, 0.1) is 13.8 Å². The van der Waals surface area contributed by atoms with Crippen molar-refractivity contribution in [3.05, 3.63) is 58.2 Å². The van der Waals surface area contributed by atoms with Gasteiger partial charge in [0.15, 0.2) is 0 Å². The second kappa shape index (κ2) is 5.47. The lowest BCUT2D eigenvalue weighted by molar-refractivity contribution is 0.242. The molecule has 114 valence electrons. The van der Waals surface area contributed by atoms with Crippen LogP contribution in [0.5, 0.6) is 0 Å². The minimum atomic E-state index is 0.651. The number of hydrogen-bond acceptors (Lipinski definition) is 3. The van der Waals surface area contributed by atoms with Crippen molar-refractivity contribution in [3.63, 3.8) is 0 Å². The van der Waals surface area contributed by atoms with Crippen LogP contribution in [0.3, 0.4) is 0 Å². The van der Waals surface area contributed by atoms with E-state index in [1.807, 2.05) is 0 Å². The second-order valence-corrected chi connectivity index (χ2v) is 6.79. The molecular formula is C19H23N3. The number of fused-ring (bicyclic) bond motifs is 1. The van der Waals surface area contributed by atoms with Crippen molar-refractivity contribution in [3.8, 4) is 0 Å². The van der Waals surface area contributed by atoms with Gasteiger partial charge in [0.05, 0.1) is 0 Å². The summed E-state index contributed by atoms with van der Waals surface area (Å²) in [5.74, 6) is 1.74. The van der Waals surface area contributed by atoms with E-state index in [0.29, 0.717) is 5.92 Å². The van der Waals surface area contributed by atoms with Crippen molar-refractivity contribution in [1.29, 1.82) is 0 Å². The zero-order valence-corrected chi connectivity index (χ0v) is 13.5. The monoisotopic (exact) mass is 293 g/mol. The summed E-state index contributed by atoms with van der Waals surface area (Å²) in [4.78, 5) is 11.9. The highest BCUT2D eigenvalue weighted by molar-refractivity contribution is 5.33. The Kier molecular flexibility index (Phi) is 3.45. The minimum Gasteiger partial charge on any atom is -0.294 e. The molecule has 0 saturated heterocycles. The van der Waals surface area contributed by atoms with Gasteiger partial charge in [0.2, 0.25) is 0 Å². The lowest BCUT2D eigenvalue weighted by Crippen LogP contribution is -2.31.